The van der Waals surface area contributed by atoms with Crippen LogP contribution >= 0.6 is 0 Å². The quantitative estimate of drug-likeness (QED) is 0.892. The van der Waals surface area contributed by atoms with Gasteiger partial charge in [-0.05, 0) is 23.5 Å². The average Bonchev–Trinajstić information content (AvgIpc) is 3.08. The topological polar surface area (TPSA) is 75.6 Å². The first-order valence-electron chi connectivity index (χ1n) is 7.65. The third-order valence-electron chi connectivity index (χ3n) is 4.98. The third-order valence-corrected chi connectivity index (χ3v) is 4.98. The van der Waals surface area contributed by atoms with Gasteiger partial charge in [-0.1, -0.05) is 32.0 Å². The predicted molar refractivity (Wildman–Crippen MR) is 80.7 cm³/mol. The Morgan fingerprint density at radius 3 is 2.73 bits per heavy atom. The first-order chi connectivity index (χ1) is 10.4. The van der Waals surface area contributed by atoms with Crippen LogP contribution in [0.3, 0.4) is 0 Å². The molecule has 1 aliphatic heterocycles. The minimum atomic E-state index is -0.887. The second-order valence-electron chi connectivity index (χ2n) is 6.73. The molecule has 0 bridgehead atoms. The summed E-state index contributed by atoms with van der Waals surface area (Å²) in [7, 11) is 0. The summed E-state index contributed by atoms with van der Waals surface area (Å²) in [5, 5.41) is 12.1. The van der Waals surface area contributed by atoms with Crippen molar-refractivity contribution in [2.75, 3.05) is 13.2 Å². The molecule has 2 aliphatic rings. The summed E-state index contributed by atoms with van der Waals surface area (Å²) in [6.45, 7) is 4.84. The lowest BCUT2D eigenvalue weighted by Gasteiger charge is -2.26. The van der Waals surface area contributed by atoms with Crippen molar-refractivity contribution in [3.63, 3.8) is 0 Å². The number of amides is 1. The van der Waals surface area contributed by atoms with E-state index in [1.807, 2.05) is 38.1 Å². The van der Waals surface area contributed by atoms with Gasteiger partial charge in [0.25, 0.3) is 0 Å². The third kappa shape index (κ3) is 2.45. The van der Waals surface area contributed by atoms with Gasteiger partial charge in [-0.2, -0.15) is 0 Å². The summed E-state index contributed by atoms with van der Waals surface area (Å²) in [5.41, 5.74) is 0.655. The Morgan fingerprint density at radius 1 is 1.32 bits per heavy atom. The van der Waals surface area contributed by atoms with E-state index in [1.54, 1.807) is 0 Å². The number of carbonyl (C=O) groups excluding carboxylic acids is 1. The van der Waals surface area contributed by atoms with Crippen LogP contribution < -0.4 is 10.1 Å². The zero-order valence-corrected chi connectivity index (χ0v) is 12.8. The van der Waals surface area contributed by atoms with Gasteiger partial charge in [0, 0.05) is 12.5 Å². The van der Waals surface area contributed by atoms with E-state index in [0.29, 0.717) is 13.2 Å². The van der Waals surface area contributed by atoms with Crippen LogP contribution in [0.2, 0.25) is 0 Å². The zero-order chi connectivity index (χ0) is 15.9. The number of carboxylic acids is 1. The highest BCUT2D eigenvalue weighted by atomic mass is 16.5. The molecule has 1 aromatic rings. The molecule has 3 atom stereocenters. The molecule has 1 aliphatic carbocycles. The van der Waals surface area contributed by atoms with Crippen molar-refractivity contribution >= 4 is 11.9 Å². The number of para-hydroxylation sites is 1. The predicted octanol–water partition coefficient (Wildman–Crippen LogP) is 2.03. The number of hydrogen-bond donors (Lipinski definition) is 2. The Morgan fingerprint density at radius 2 is 2.05 bits per heavy atom. The van der Waals surface area contributed by atoms with Crippen molar-refractivity contribution in [3.8, 4) is 5.75 Å². The standard InChI is InChI=1S/C17H21NO4/c1-17(2)13(14(17)16(20)21)15(19)18-9-10-7-8-22-12-6-4-3-5-11(10)12/h3-6,10,13-14H,7-9H2,1-2H3,(H,18,19)(H,20,21)/t10?,13-,14+/m1/s1. The van der Waals surface area contributed by atoms with Gasteiger partial charge in [-0.15, -0.1) is 0 Å². The van der Waals surface area contributed by atoms with Crippen LogP contribution in [0.1, 0.15) is 31.7 Å². The van der Waals surface area contributed by atoms with Gasteiger partial charge in [-0.25, -0.2) is 0 Å². The van der Waals surface area contributed by atoms with Gasteiger partial charge < -0.3 is 15.2 Å². The van der Waals surface area contributed by atoms with Crippen molar-refractivity contribution in [1.82, 2.24) is 5.32 Å². The van der Waals surface area contributed by atoms with E-state index in [0.717, 1.165) is 17.7 Å². The normalized spacial score (nSPS) is 28.2. The second-order valence-corrected chi connectivity index (χ2v) is 6.73. The molecule has 0 saturated heterocycles. The number of aliphatic carboxylic acids is 1. The minimum absolute atomic E-state index is 0.152. The van der Waals surface area contributed by atoms with E-state index in [-0.39, 0.29) is 11.8 Å². The summed E-state index contributed by atoms with van der Waals surface area (Å²) in [4.78, 5) is 23.4. The number of hydrogen-bond acceptors (Lipinski definition) is 3. The number of fused-ring (bicyclic) bond motifs is 1. The number of carboxylic acid groups (broad SMARTS) is 1. The van der Waals surface area contributed by atoms with Crippen LogP contribution in [0.15, 0.2) is 24.3 Å². The van der Waals surface area contributed by atoms with Crippen molar-refractivity contribution in [2.24, 2.45) is 17.3 Å². The molecule has 5 heteroatoms. The summed E-state index contributed by atoms with van der Waals surface area (Å²) in [6.07, 6.45) is 0.855. The SMILES string of the molecule is CC1(C)[C@H](C(=O)O)[C@@H]1C(=O)NCC1CCOc2ccccc21. The fourth-order valence-electron chi connectivity index (χ4n) is 3.55. The highest BCUT2D eigenvalue weighted by molar-refractivity contribution is 5.91. The molecule has 1 aromatic carbocycles. The first kappa shape index (κ1) is 14.9. The Hall–Kier alpha value is -2.04. The van der Waals surface area contributed by atoms with Gasteiger partial charge >= 0.3 is 5.97 Å². The molecule has 5 nitrogen and oxygen atoms in total. The molecule has 1 saturated carbocycles. The first-order valence-corrected chi connectivity index (χ1v) is 7.65. The van der Waals surface area contributed by atoms with Crippen LogP contribution in [-0.2, 0) is 9.59 Å². The van der Waals surface area contributed by atoms with E-state index in [9.17, 15) is 9.59 Å². The van der Waals surface area contributed by atoms with Gasteiger partial charge in [0.2, 0.25) is 5.91 Å². The Balaban J connectivity index is 1.63. The van der Waals surface area contributed by atoms with Crippen molar-refractivity contribution < 1.29 is 19.4 Å². The fraction of sp³-hybridized carbons (Fsp3) is 0.529. The molecule has 1 amide bonds. The van der Waals surface area contributed by atoms with E-state index in [2.05, 4.69) is 5.32 Å². The molecule has 3 rings (SSSR count). The molecular weight excluding hydrogens is 282 g/mol. The molecule has 2 N–H and O–H groups in total. The van der Waals surface area contributed by atoms with Crippen molar-refractivity contribution in [3.05, 3.63) is 29.8 Å². The molecule has 1 unspecified atom stereocenters. The molecule has 0 spiro atoms. The second kappa shape index (κ2) is 5.30. The molecule has 1 heterocycles. The summed E-state index contributed by atoms with van der Waals surface area (Å²) in [6, 6.07) is 7.86. The van der Waals surface area contributed by atoms with Crippen LogP contribution in [-0.4, -0.2) is 30.1 Å². The molecule has 0 aromatic heterocycles. The Bertz CT molecular complexity index is 610. The largest absolute Gasteiger partial charge is 0.493 e. The van der Waals surface area contributed by atoms with Gasteiger partial charge in [0.15, 0.2) is 0 Å². The molecule has 1 fully saturated rings. The van der Waals surface area contributed by atoms with Gasteiger partial charge in [0.05, 0.1) is 18.4 Å². The smallest absolute Gasteiger partial charge is 0.307 e. The van der Waals surface area contributed by atoms with Crippen LogP contribution in [0.4, 0.5) is 0 Å². The molecule has 0 radical (unpaired) electrons. The van der Waals surface area contributed by atoms with Crippen LogP contribution in [0.5, 0.6) is 5.75 Å². The summed E-state index contributed by atoms with van der Waals surface area (Å²) >= 11 is 0. The van der Waals surface area contributed by atoms with Gasteiger partial charge in [0.1, 0.15) is 5.75 Å². The molecule has 118 valence electrons. The fourth-order valence-corrected chi connectivity index (χ4v) is 3.55. The minimum Gasteiger partial charge on any atom is -0.493 e. The zero-order valence-electron chi connectivity index (χ0n) is 12.8. The Labute approximate surface area is 129 Å². The summed E-state index contributed by atoms with van der Waals surface area (Å²) in [5.74, 6) is -0.945. The highest BCUT2D eigenvalue weighted by Gasteiger charge is 2.65. The Kier molecular flexibility index (Phi) is 3.59. The maximum Gasteiger partial charge on any atom is 0.307 e. The lowest BCUT2D eigenvalue weighted by Crippen LogP contribution is -2.33. The van der Waals surface area contributed by atoms with Crippen molar-refractivity contribution in [1.29, 1.82) is 0 Å². The molecule has 22 heavy (non-hydrogen) atoms. The van der Waals surface area contributed by atoms with Crippen molar-refractivity contribution in [2.45, 2.75) is 26.2 Å². The lowest BCUT2D eigenvalue weighted by atomic mass is 9.93. The van der Waals surface area contributed by atoms with Gasteiger partial charge in [-0.3, -0.25) is 9.59 Å². The monoisotopic (exact) mass is 303 g/mol. The highest BCUT2D eigenvalue weighted by Crippen LogP contribution is 2.58. The number of benzene rings is 1. The van der Waals surface area contributed by atoms with Crippen LogP contribution in [0, 0.1) is 17.3 Å². The van der Waals surface area contributed by atoms with E-state index < -0.39 is 23.2 Å². The number of rotatable bonds is 4. The van der Waals surface area contributed by atoms with Crippen LogP contribution in [0.25, 0.3) is 0 Å². The summed E-state index contributed by atoms with van der Waals surface area (Å²) < 4.78 is 5.61. The van der Waals surface area contributed by atoms with E-state index >= 15 is 0 Å². The van der Waals surface area contributed by atoms with E-state index in [1.165, 1.54) is 0 Å². The average molecular weight is 303 g/mol. The lowest BCUT2D eigenvalue weighted by molar-refractivity contribution is -0.140. The number of nitrogens with one attached hydrogen (secondary N) is 1. The maximum absolute atomic E-state index is 12.3. The number of ether oxygens (including phenoxy) is 1. The molecular formula is C17H21NO4. The maximum atomic E-state index is 12.3. The van der Waals surface area contributed by atoms with E-state index in [4.69, 9.17) is 9.84 Å². The number of carbonyl (C=O) groups is 2.